The lowest BCUT2D eigenvalue weighted by atomic mass is 9.94. The second-order valence-corrected chi connectivity index (χ2v) is 10.0. The Bertz CT molecular complexity index is 1550. The molecule has 2 aliphatic heterocycles. The number of benzene rings is 3. The van der Waals surface area contributed by atoms with Gasteiger partial charge in [0.15, 0.2) is 0 Å². The number of thioether (sulfide) groups is 1. The van der Waals surface area contributed by atoms with Gasteiger partial charge in [-0.3, -0.25) is 4.79 Å². The van der Waals surface area contributed by atoms with Crippen LogP contribution < -0.4 is 20.7 Å². The summed E-state index contributed by atoms with van der Waals surface area (Å²) in [4.78, 5) is 39.1. The predicted octanol–water partition coefficient (Wildman–Crippen LogP) is 4.69. The number of nitriles is 1. The summed E-state index contributed by atoms with van der Waals surface area (Å²) in [7, 11) is 0. The van der Waals surface area contributed by atoms with Crippen LogP contribution in [0, 0.1) is 11.3 Å². The van der Waals surface area contributed by atoms with Gasteiger partial charge in [0.05, 0.1) is 45.4 Å². The quantitative estimate of drug-likeness (QED) is 0.358. The van der Waals surface area contributed by atoms with E-state index in [2.05, 4.69) is 22.0 Å². The van der Waals surface area contributed by atoms with Crippen molar-refractivity contribution < 1.29 is 23.9 Å². The van der Waals surface area contributed by atoms with Crippen LogP contribution in [-0.4, -0.2) is 30.3 Å². The van der Waals surface area contributed by atoms with Crippen molar-refractivity contribution in [3.05, 3.63) is 99.7 Å². The summed E-state index contributed by atoms with van der Waals surface area (Å²) in [6.45, 7) is -0.256. The van der Waals surface area contributed by atoms with Gasteiger partial charge in [-0.2, -0.15) is 5.26 Å². The summed E-state index contributed by atoms with van der Waals surface area (Å²) in [6, 6.07) is 19.6. The fourth-order valence-corrected chi connectivity index (χ4v) is 5.15. The van der Waals surface area contributed by atoms with Crippen LogP contribution in [0.5, 0.6) is 5.75 Å². The lowest BCUT2D eigenvalue weighted by Gasteiger charge is -2.30. The molecule has 0 aliphatic carbocycles. The number of anilines is 1. The Morgan fingerprint density at radius 3 is 2.72 bits per heavy atom. The number of carbonyl (C=O) groups excluding carboxylic acids is 3. The Morgan fingerprint density at radius 2 is 1.90 bits per heavy atom. The molecule has 0 saturated heterocycles. The smallest absolute Gasteiger partial charge is 0.338 e. The minimum atomic E-state index is -0.893. The Labute approximate surface area is 233 Å². The molecular weight excluding hydrogens is 540 g/mol. The van der Waals surface area contributed by atoms with Gasteiger partial charge < -0.3 is 25.4 Å². The highest BCUT2D eigenvalue weighted by Crippen LogP contribution is 2.36. The van der Waals surface area contributed by atoms with Gasteiger partial charge in [-0.15, -0.1) is 11.8 Å². The number of esters is 1. The van der Waals surface area contributed by atoms with E-state index in [1.807, 2.05) is 6.07 Å². The van der Waals surface area contributed by atoms with Gasteiger partial charge in [0, 0.05) is 4.90 Å². The second-order valence-electron chi connectivity index (χ2n) is 8.62. The van der Waals surface area contributed by atoms with Crippen molar-refractivity contribution in [2.45, 2.75) is 17.5 Å². The molecular formula is C28H21ClN4O5S. The maximum Gasteiger partial charge on any atom is 0.338 e. The molecule has 0 spiro atoms. The number of amides is 3. The van der Waals surface area contributed by atoms with Gasteiger partial charge in [0.2, 0.25) is 5.91 Å². The number of urea groups is 1. The van der Waals surface area contributed by atoms with Crippen LogP contribution in [0.3, 0.4) is 0 Å². The zero-order chi connectivity index (χ0) is 27.4. The number of ether oxygens (including phenoxy) is 2. The molecule has 3 aromatic carbocycles. The number of nitrogens with zero attached hydrogens (tertiary/aromatic N) is 1. The van der Waals surface area contributed by atoms with Crippen LogP contribution in [0.4, 0.5) is 10.5 Å². The van der Waals surface area contributed by atoms with Crippen molar-refractivity contribution in [2.24, 2.45) is 0 Å². The van der Waals surface area contributed by atoms with E-state index in [-0.39, 0.29) is 30.4 Å². The average Bonchev–Trinajstić information content (AvgIpc) is 2.94. The molecule has 196 valence electrons. The van der Waals surface area contributed by atoms with E-state index in [0.29, 0.717) is 38.9 Å². The third kappa shape index (κ3) is 6.00. The summed E-state index contributed by atoms with van der Waals surface area (Å²) in [5, 5.41) is 17.8. The summed E-state index contributed by atoms with van der Waals surface area (Å²) in [6.07, 6.45) is 0. The van der Waals surface area contributed by atoms with Gasteiger partial charge >= 0.3 is 12.0 Å². The fourth-order valence-electron chi connectivity index (χ4n) is 4.17. The molecule has 0 saturated carbocycles. The Hall–Kier alpha value is -4.46. The first-order valence-corrected chi connectivity index (χ1v) is 13.2. The first kappa shape index (κ1) is 26.2. The molecule has 2 aliphatic rings. The number of hydrogen-bond acceptors (Lipinski definition) is 7. The summed E-state index contributed by atoms with van der Waals surface area (Å²) < 4.78 is 11.5. The zero-order valence-corrected chi connectivity index (χ0v) is 21.9. The molecule has 0 fully saturated rings. The zero-order valence-electron chi connectivity index (χ0n) is 20.3. The standard InChI is InChI=1S/C28H21ClN4O5S/c29-19-6-1-2-7-22(19)37-14-21-25(27(35)38-13-17-5-3-4-16(10-17)12-30)26(33-28(36)32-21)18-8-9-23-20(11-18)31-24(34)15-39-23/h1-11,26H,13-15H2,(H,31,34)(H2,32,33,36). The minimum absolute atomic E-state index is 0.0892. The maximum atomic E-state index is 13.6. The molecule has 1 unspecified atom stereocenters. The molecule has 3 aromatic rings. The topological polar surface area (TPSA) is 130 Å². The Morgan fingerprint density at radius 1 is 1.05 bits per heavy atom. The first-order chi connectivity index (χ1) is 18.9. The molecule has 3 N–H and O–H groups in total. The fraction of sp³-hybridized carbons (Fsp3) is 0.143. The van der Waals surface area contributed by atoms with Crippen molar-refractivity contribution in [3.8, 4) is 11.8 Å². The molecule has 2 heterocycles. The van der Waals surface area contributed by atoms with Crippen LogP contribution in [-0.2, 0) is 20.9 Å². The summed E-state index contributed by atoms with van der Waals surface area (Å²) >= 11 is 7.63. The van der Waals surface area contributed by atoms with Gasteiger partial charge in [-0.1, -0.05) is 41.9 Å². The third-order valence-electron chi connectivity index (χ3n) is 5.98. The van der Waals surface area contributed by atoms with E-state index < -0.39 is 18.0 Å². The number of halogens is 1. The number of nitrogens with one attached hydrogen (secondary N) is 3. The monoisotopic (exact) mass is 560 g/mol. The van der Waals surface area contributed by atoms with Gasteiger partial charge in [-0.05, 0) is 47.5 Å². The molecule has 0 radical (unpaired) electrons. The molecule has 0 aromatic heterocycles. The molecule has 0 bridgehead atoms. The summed E-state index contributed by atoms with van der Waals surface area (Å²) in [5.74, 6) is -0.137. The molecule has 3 amide bonds. The molecule has 1 atom stereocenters. The van der Waals surface area contributed by atoms with E-state index in [1.165, 1.54) is 11.8 Å². The van der Waals surface area contributed by atoms with Crippen molar-refractivity contribution in [1.29, 1.82) is 5.26 Å². The Balaban J connectivity index is 1.49. The van der Waals surface area contributed by atoms with Gasteiger partial charge in [0.25, 0.3) is 0 Å². The maximum absolute atomic E-state index is 13.6. The van der Waals surface area contributed by atoms with E-state index in [1.54, 1.807) is 60.7 Å². The number of carbonyl (C=O) groups is 3. The van der Waals surface area contributed by atoms with E-state index >= 15 is 0 Å². The third-order valence-corrected chi connectivity index (χ3v) is 7.36. The van der Waals surface area contributed by atoms with Crippen LogP contribution in [0.25, 0.3) is 0 Å². The SMILES string of the molecule is N#Cc1cccc(COC(=O)C2=C(COc3ccccc3Cl)NC(=O)NC2c2ccc3c(c2)NC(=O)CS3)c1. The number of rotatable bonds is 7. The predicted molar refractivity (Wildman–Crippen MR) is 145 cm³/mol. The normalized spacial score (nSPS) is 16.3. The van der Waals surface area contributed by atoms with Crippen molar-refractivity contribution >= 4 is 47.0 Å². The second kappa shape index (κ2) is 11.5. The highest BCUT2D eigenvalue weighted by atomic mass is 35.5. The molecule has 9 nitrogen and oxygen atoms in total. The molecule has 39 heavy (non-hydrogen) atoms. The largest absolute Gasteiger partial charge is 0.486 e. The van der Waals surface area contributed by atoms with Crippen LogP contribution >= 0.6 is 23.4 Å². The first-order valence-electron chi connectivity index (χ1n) is 11.8. The van der Waals surface area contributed by atoms with Crippen molar-refractivity contribution in [3.63, 3.8) is 0 Å². The van der Waals surface area contributed by atoms with Crippen molar-refractivity contribution in [2.75, 3.05) is 17.7 Å². The number of fused-ring (bicyclic) bond motifs is 1. The van der Waals surface area contributed by atoms with E-state index in [4.69, 9.17) is 21.1 Å². The van der Waals surface area contributed by atoms with E-state index in [9.17, 15) is 19.6 Å². The minimum Gasteiger partial charge on any atom is -0.486 e. The van der Waals surface area contributed by atoms with Gasteiger partial charge in [0.1, 0.15) is 19.0 Å². The summed E-state index contributed by atoms with van der Waals surface area (Å²) in [5.41, 5.74) is 2.57. The molecule has 11 heteroatoms. The highest BCUT2D eigenvalue weighted by molar-refractivity contribution is 8.00. The highest BCUT2D eigenvalue weighted by Gasteiger charge is 2.35. The average molecular weight is 561 g/mol. The van der Waals surface area contributed by atoms with Crippen LogP contribution in [0.1, 0.15) is 22.7 Å². The lowest BCUT2D eigenvalue weighted by Crippen LogP contribution is -2.47. The van der Waals surface area contributed by atoms with E-state index in [0.717, 1.165) is 4.90 Å². The number of hydrogen-bond donors (Lipinski definition) is 3. The molecule has 5 rings (SSSR count). The van der Waals surface area contributed by atoms with Crippen LogP contribution in [0.2, 0.25) is 5.02 Å². The Kier molecular flexibility index (Phi) is 7.72. The van der Waals surface area contributed by atoms with Crippen molar-refractivity contribution in [1.82, 2.24) is 10.6 Å². The lowest BCUT2D eigenvalue weighted by molar-refractivity contribution is -0.140. The van der Waals surface area contributed by atoms with Crippen LogP contribution in [0.15, 0.2) is 82.9 Å². The van der Waals surface area contributed by atoms with Gasteiger partial charge in [-0.25, -0.2) is 9.59 Å². The number of para-hydroxylation sites is 1.